The number of phenolic OH excluding ortho intramolecular Hbond substituents is 1. The number of benzene rings is 2. The first-order valence-corrected chi connectivity index (χ1v) is 9.00. The lowest BCUT2D eigenvalue weighted by molar-refractivity contribution is 0.372. The number of methoxy groups -OCH3 is 1. The monoisotopic (exact) mass is 400 g/mol. The van der Waals surface area contributed by atoms with Gasteiger partial charge in [-0.3, -0.25) is 0 Å². The Kier molecular flexibility index (Phi) is 6.74. The molecule has 25 heavy (non-hydrogen) atoms. The maximum absolute atomic E-state index is 10.2. The van der Waals surface area contributed by atoms with Crippen LogP contribution < -0.4 is 9.64 Å². The third-order valence-corrected chi connectivity index (χ3v) is 5.32. The normalized spacial score (nSPS) is 12.4. The Morgan fingerprint density at radius 2 is 1.92 bits per heavy atom. The van der Waals surface area contributed by atoms with E-state index in [1.165, 1.54) is 0 Å². The van der Waals surface area contributed by atoms with Crippen molar-refractivity contribution in [2.75, 3.05) is 39.2 Å². The average molecular weight is 401 g/mol. The van der Waals surface area contributed by atoms with Crippen LogP contribution in [0.25, 0.3) is 0 Å². The van der Waals surface area contributed by atoms with Gasteiger partial charge in [-0.1, -0.05) is 23.4 Å². The number of hydrogen-bond donors (Lipinski definition) is 1. The first kappa shape index (κ1) is 20.0. The van der Waals surface area contributed by atoms with Crippen molar-refractivity contribution in [2.24, 2.45) is 0 Å². The van der Waals surface area contributed by atoms with E-state index in [4.69, 9.17) is 16.3 Å². The van der Waals surface area contributed by atoms with Gasteiger partial charge in [0.2, 0.25) is 0 Å². The lowest BCUT2D eigenvalue weighted by atomic mass is 10.2. The van der Waals surface area contributed by atoms with Crippen LogP contribution in [0.4, 0.5) is 11.4 Å². The van der Waals surface area contributed by atoms with Gasteiger partial charge >= 0.3 is 0 Å². The van der Waals surface area contributed by atoms with Crippen LogP contribution in [0.3, 0.4) is 0 Å². The van der Waals surface area contributed by atoms with Gasteiger partial charge in [0.15, 0.2) is 11.5 Å². The van der Waals surface area contributed by atoms with Crippen molar-refractivity contribution in [3.63, 3.8) is 0 Å². The van der Waals surface area contributed by atoms with Crippen molar-refractivity contribution >= 4 is 47.1 Å². The van der Waals surface area contributed by atoms with Gasteiger partial charge in [-0.25, -0.2) is 0 Å². The molecule has 0 saturated heterocycles. The molecule has 1 aliphatic heterocycles. The van der Waals surface area contributed by atoms with Crippen molar-refractivity contribution in [1.82, 2.24) is 4.90 Å². The number of phenols is 1. The molecule has 2 aromatic rings. The van der Waals surface area contributed by atoms with E-state index < -0.39 is 0 Å². The maximum Gasteiger partial charge on any atom is 0.185 e. The summed E-state index contributed by atoms with van der Waals surface area (Å²) in [6.07, 6.45) is 0.988. The Morgan fingerprint density at radius 3 is 2.60 bits per heavy atom. The molecule has 1 N–H and O–H groups in total. The highest BCUT2D eigenvalue weighted by Gasteiger charge is 2.28. The predicted molar refractivity (Wildman–Crippen MR) is 108 cm³/mol. The summed E-state index contributed by atoms with van der Waals surface area (Å²) in [6.45, 7) is 1.80. The quantitative estimate of drug-likeness (QED) is 0.761. The Labute approximate surface area is 164 Å². The number of fused-ring (bicyclic) bond motifs is 2. The number of anilines is 2. The Morgan fingerprint density at radius 1 is 1.20 bits per heavy atom. The summed E-state index contributed by atoms with van der Waals surface area (Å²) >= 11 is 7.90. The highest BCUT2D eigenvalue weighted by atomic mass is 35.5. The smallest absolute Gasteiger partial charge is 0.185 e. The lowest BCUT2D eigenvalue weighted by Gasteiger charge is -2.34. The Bertz CT molecular complexity index is 756. The predicted octanol–water partition coefficient (Wildman–Crippen LogP) is 5.03. The van der Waals surface area contributed by atoms with E-state index in [2.05, 4.69) is 23.9 Å². The molecule has 0 fully saturated rings. The molecular weight excluding hydrogens is 379 g/mol. The molecule has 136 valence electrons. The van der Waals surface area contributed by atoms with Crippen molar-refractivity contribution in [1.29, 1.82) is 0 Å². The van der Waals surface area contributed by atoms with Crippen LogP contribution in [0.1, 0.15) is 6.42 Å². The second kappa shape index (κ2) is 8.41. The number of rotatable bonds is 5. The van der Waals surface area contributed by atoms with Crippen LogP contribution >= 0.6 is 35.8 Å². The van der Waals surface area contributed by atoms with Crippen LogP contribution in [0.15, 0.2) is 40.1 Å². The van der Waals surface area contributed by atoms with Gasteiger partial charge in [-0.15, -0.1) is 12.4 Å². The number of hydrogen-bond acceptors (Lipinski definition) is 5. The molecule has 0 unspecified atom stereocenters. The Hall–Kier alpha value is -1.27. The van der Waals surface area contributed by atoms with E-state index in [1.807, 2.05) is 24.3 Å². The summed E-state index contributed by atoms with van der Waals surface area (Å²) < 4.78 is 5.50. The number of halogens is 2. The van der Waals surface area contributed by atoms with E-state index in [-0.39, 0.29) is 18.2 Å². The van der Waals surface area contributed by atoms with Gasteiger partial charge in [0, 0.05) is 21.4 Å². The largest absolute Gasteiger partial charge is 0.504 e. The van der Waals surface area contributed by atoms with Crippen molar-refractivity contribution in [3.8, 4) is 11.5 Å². The van der Waals surface area contributed by atoms with Crippen molar-refractivity contribution in [3.05, 3.63) is 35.4 Å². The molecule has 7 heteroatoms. The van der Waals surface area contributed by atoms with E-state index in [0.29, 0.717) is 10.8 Å². The third-order valence-electron chi connectivity index (χ3n) is 3.97. The molecule has 0 radical (unpaired) electrons. The van der Waals surface area contributed by atoms with E-state index in [0.717, 1.165) is 40.7 Å². The SMILES string of the molecule is COc1c(O)ccc2c1N(CCCN(C)C)c1cc(Cl)ccc1S2.Cl. The molecule has 0 amide bonds. The summed E-state index contributed by atoms with van der Waals surface area (Å²) in [4.78, 5) is 6.60. The molecule has 1 heterocycles. The van der Waals surface area contributed by atoms with E-state index in [9.17, 15) is 5.11 Å². The first-order valence-electron chi connectivity index (χ1n) is 7.81. The molecule has 3 rings (SSSR count). The highest BCUT2D eigenvalue weighted by Crippen LogP contribution is 2.54. The zero-order valence-corrected chi connectivity index (χ0v) is 16.8. The molecule has 0 bridgehead atoms. The van der Waals surface area contributed by atoms with Crippen LogP contribution in [0, 0.1) is 0 Å². The molecule has 0 saturated carbocycles. The fourth-order valence-electron chi connectivity index (χ4n) is 2.89. The number of nitrogens with zero attached hydrogens (tertiary/aromatic N) is 2. The highest BCUT2D eigenvalue weighted by molar-refractivity contribution is 7.99. The molecule has 0 aliphatic carbocycles. The zero-order valence-electron chi connectivity index (χ0n) is 14.5. The fraction of sp³-hybridized carbons (Fsp3) is 0.333. The molecule has 0 atom stereocenters. The number of ether oxygens (including phenoxy) is 1. The van der Waals surface area contributed by atoms with Crippen LogP contribution in [-0.2, 0) is 0 Å². The summed E-state index contributed by atoms with van der Waals surface area (Å²) in [5.41, 5.74) is 1.97. The van der Waals surface area contributed by atoms with Crippen LogP contribution in [-0.4, -0.2) is 44.3 Å². The minimum Gasteiger partial charge on any atom is -0.504 e. The van der Waals surface area contributed by atoms with Gasteiger partial charge in [-0.2, -0.15) is 0 Å². The first-order chi connectivity index (χ1) is 11.5. The van der Waals surface area contributed by atoms with Gasteiger partial charge in [0.05, 0.1) is 12.8 Å². The molecule has 2 aromatic carbocycles. The average Bonchev–Trinajstić information content (AvgIpc) is 2.54. The lowest BCUT2D eigenvalue weighted by Crippen LogP contribution is -2.25. The Balaban J connectivity index is 0.00000225. The number of aromatic hydroxyl groups is 1. The van der Waals surface area contributed by atoms with Gasteiger partial charge < -0.3 is 19.6 Å². The van der Waals surface area contributed by atoms with Gasteiger partial charge in [0.25, 0.3) is 0 Å². The minimum absolute atomic E-state index is 0. The molecule has 0 aromatic heterocycles. The van der Waals surface area contributed by atoms with E-state index >= 15 is 0 Å². The van der Waals surface area contributed by atoms with Crippen molar-refractivity contribution in [2.45, 2.75) is 16.2 Å². The summed E-state index contributed by atoms with van der Waals surface area (Å²) in [5, 5.41) is 10.9. The van der Waals surface area contributed by atoms with Crippen LogP contribution in [0.2, 0.25) is 5.02 Å². The second-order valence-corrected chi connectivity index (χ2v) is 7.51. The summed E-state index contributed by atoms with van der Waals surface area (Å²) in [5.74, 6) is 0.662. The second-order valence-electron chi connectivity index (χ2n) is 5.99. The van der Waals surface area contributed by atoms with Gasteiger partial charge in [-0.05, 0) is 57.4 Å². The molecule has 0 spiro atoms. The summed E-state index contributed by atoms with van der Waals surface area (Å²) in [6, 6.07) is 9.56. The zero-order chi connectivity index (χ0) is 17.3. The molecule has 4 nitrogen and oxygen atoms in total. The summed E-state index contributed by atoms with van der Waals surface area (Å²) in [7, 11) is 5.72. The third kappa shape index (κ3) is 4.11. The van der Waals surface area contributed by atoms with E-state index in [1.54, 1.807) is 24.9 Å². The maximum atomic E-state index is 10.2. The fourth-order valence-corrected chi connectivity index (χ4v) is 4.13. The molecular formula is C18H22Cl2N2O2S. The van der Waals surface area contributed by atoms with Gasteiger partial charge in [0.1, 0.15) is 5.69 Å². The standard InChI is InChI=1S/C18H21ClN2O2S.ClH/c1-20(2)9-4-10-21-13-11-12(19)5-7-15(13)24-16-8-6-14(22)18(23-3)17(16)21;/h5-8,11,22H,4,9-10H2,1-3H3;1H. The van der Waals surface area contributed by atoms with Crippen LogP contribution in [0.5, 0.6) is 11.5 Å². The minimum atomic E-state index is 0. The topological polar surface area (TPSA) is 35.9 Å². The molecule has 1 aliphatic rings. The van der Waals surface area contributed by atoms with Crippen molar-refractivity contribution < 1.29 is 9.84 Å².